The van der Waals surface area contributed by atoms with Crippen LogP contribution in [0.5, 0.6) is 0 Å². The van der Waals surface area contributed by atoms with Gasteiger partial charge in [-0.2, -0.15) is 0 Å². The van der Waals surface area contributed by atoms with Crippen LogP contribution >= 0.6 is 0 Å². The van der Waals surface area contributed by atoms with Gasteiger partial charge in [-0.15, -0.1) is 0 Å². The molecule has 1 N–H and O–H groups in total. The van der Waals surface area contributed by atoms with Crippen LogP contribution in [0.2, 0.25) is 0 Å². The van der Waals surface area contributed by atoms with Gasteiger partial charge in [0.2, 0.25) is 0 Å². The molecule has 0 saturated carbocycles. The first-order valence-electron chi connectivity index (χ1n) is 14.9. The van der Waals surface area contributed by atoms with Gasteiger partial charge in [0.15, 0.2) is 0 Å². The minimum atomic E-state index is -1.56. The molecule has 0 aromatic rings. The number of aliphatic imine (C=N–C) groups is 1. The van der Waals surface area contributed by atoms with E-state index in [0.717, 1.165) is 55.4 Å². The summed E-state index contributed by atoms with van der Waals surface area (Å²) < 4.78 is 54.2. The molecular formula is C29H39N2O18Se. The third kappa shape index (κ3) is 13.2. The second-order valence-corrected chi connectivity index (χ2v) is 11.6. The normalized spacial score (nSPS) is 29.2. The van der Waals surface area contributed by atoms with Crippen molar-refractivity contribution < 1.29 is 85.7 Å². The van der Waals surface area contributed by atoms with Crippen molar-refractivity contribution in [1.82, 2.24) is 5.32 Å². The molecule has 21 heteroatoms. The van der Waals surface area contributed by atoms with Gasteiger partial charge in [-0.05, 0) is 0 Å². The van der Waals surface area contributed by atoms with Crippen molar-refractivity contribution in [3.63, 3.8) is 0 Å². The zero-order valence-electron chi connectivity index (χ0n) is 28.4. The molecule has 279 valence electrons. The molecule has 2 aliphatic heterocycles. The van der Waals surface area contributed by atoms with E-state index in [4.69, 9.17) is 47.4 Å². The zero-order valence-corrected chi connectivity index (χ0v) is 30.1. The Morgan fingerprint density at radius 3 is 1.24 bits per heavy atom. The number of nitrogens with zero attached hydrogens (tertiary/aromatic N) is 1. The molecule has 2 aliphatic rings. The van der Waals surface area contributed by atoms with Crippen LogP contribution in [0.4, 0.5) is 0 Å². The van der Waals surface area contributed by atoms with E-state index >= 15 is 0 Å². The summed E-state index contributed by atoms with van der Waals surface area (Å²) in [6.07, 6.45) is -14.6. The number of rotatable bonds is 12. The Kier molecular flexibility index (Phi) is 16.0. The minimum absolute atomic E-state index is 0.202. The standard InChI is InChI=1S/C29H39N2O18Se/c1-11(32)40-9-19-21(42-13(3)34)23(44-15(5)36)25(46-17(7)38)27(48-19)30-29(50)31-28-26(47-18(8)39)24(45-16(6)37)22(43-14(4)35)20(49-28)10-41-12(2)33/h19-28H,9-10H2,1-8H3,(H,30,31)/t19-,20?,21-,22-,23?,24?,25?,26?,27-,28-/m1/s1. The predicted molar refractivity (Wildman–Crippen MR) is 160 cm³/mol. The summed E-state index contributed by atoms with van der Waals surface area (Å²) >= 11 is 2.59. The van der Waals surface area contributed by atoms with Gasteiger partial charge in [-0.3, -0.25) is 0 Å². The molecule has 0 aromatic heterocycles. The maximum atomic E-state index is 12.2. The van der Waals surface area contributed by atoms with Crippen LogP contribution < -0.4 is 5.32 Å². The fourth-order valence-electron chi connectivity index (χ4n) is 4.93. The first-order valence-corrected chi connectivity index (χ1v) is 15.8. The van der Waals surface area contributed by atoms with E-state index in [1.807, 2.05) is 0 Å². The molecule has 5 unspecified atom stereocenters. The van der Waals surface area contributed by atoms with Crippen LogP contribution in [0.1, 0.15) is 55.4 Å². The summed E-state index contributed by atoms with van der Waals surface area (Å²) in [6, 6.07) is 0. The second-order valence-electron chi connectivity index (χ2n) is 10.8. The number of nitrogens with one attached hydrogen (secondary N) is 1. The molecule has 0 bridgehead atoms. The molecule has 0 spiro atoms. The number of carbonyl (C=O) groups is 8. The SMILES string of the molecule is CC(=O)OCC1O[C@@H](N/C([Se])=N/[C@@H]2O[C@H](COC(C)=O)[C@@H](OC(C)=O)C(OC(C)=O)C2OC(C)=O)C(OC(C)=O)C(OC(C)=O)[C@@H]1OC(C)=O. The van der Waals surface area contributed by atoms with E-state index in [9.17, 15) is 38.4 Å². The van der Waals surface area contributed by atoms with E-state index in [1.165, 1.54) is 0 Å². The van der Waals surface area contributed by atoms with Crippen molar-refractivity contribution in [2.45, 2.75) is 117 Å². The average molecular weight is 783 g/mol. The van der Waals surface area contributed by atoms with Crippen molar-refractivity contribution in [1.29, 1.82) is 0 Å². The zero-order chi connectivity index (χ0) is 37.9. The number of amidine groups is 1. The maximum absolute atomic E-state index is 12.2. The Labute approximate surface area is 294 Å². The first-order chi connectivity index (χ1) is 23.3. The number of carbonyl (C=O) groups excluding carboxylic acids is 8. The quantitative estimate of drug-likeness (QED) is 0.0759. The summed E-state index contributed by atoms with van der Waals surface area (Å²) in [4.78, 5) is 100. The van der Waals surface area contributed by atoms with E-state index in [1.54, 1.807) is 0 Å². The average Bonchev–Trinajstić information content (AvgIpc) is 2.95. The van der Waals surface area contributed by atoms with E-state index in [0.29, 0.717) is 0 Å². The molecule has 2 saturated heterocycles. The van der Waals surface area contributed by atoms with Gasteiger partial charge in [0, 0.05) is 0 Å². The molecule has 2 rings (SSSR count). The van der Waals surface area contributed by atoms with E-state index in [-0.39, 0.29) is 4.73 Å². The number of hydrogen-bond acceptors (Lipinski definition) is 19. The molecule has 1 radical (unpaired) electrons. The summed E-state index contributed by atoms with van der Waals surface area (Å²) in [7, 11) is 0. The Bertz CT molecular complexity index is 1340. The molecular weight excluding hydrogens is 743 g/mol. The van der Waals surface area contributed by atoms with Crippen LogP contribution in [0.3, 0.4) is 0 Å². The van der Waals surface area contributed by atoms with Crippen molar-refractivity contribution in [2.75, 3.05) is 13.2 Å². The van der Waals surface area contributed by atoms with Crippen LogP contribution in [0, 0.1) is 0 Å². The fourth-order valence-corrected chi connectivity index (χ4v) is 5.39. The van der Waals surface area contributed by atoms with E-state index < -0.39 is 122 Å². The molecule has 0 aliphatic carbocycles. The summed E-state index contributed by atoms with van der Waals surface area (Å²) in [5, 5.41) is 2.78. The molecule has 50 heavy (non-hydrogen) atoms. The van der Waals surface area contributed by atoms with Crippen molar-refractivity contribution >= 4 is 68.5 Å². The summed E-state index contributed by atoms with van der Waals surface area (Å²) in [5.74, 6) is -6.56. The summed E-state index contributed by atoms with van der Waals surface area (Å²) in [6.45, 7) is 7.55. The van der Waals surface area contributed by atoms with Gasteiger partial charge in [0.1, 0.15) is 0 Å². The Hall–Kier alpha value is -4.33. The van der Waals surface area contributed by atoms with Gasteiger partial charge in [0.25, 0.3) is 0 Å². The molecule has 0 amide bonds. The Balaban J connectivity index is 2.63. The van der Waals surface area contributed by atoms with Crippen molar-refractivity contribution in [2.24, 2.45) is 4.99 Å². The Morgan fingerprint density at radius 2 is 0.840 bits per heavy atom. The molecule has 2 heterocycles. The fraction of sp³-hybridized carbons (Fsp3) is 0.690. The van der Waals surface area contributed by atoms with Crippen molar-refractivity contribution in [3.05, 3.63) is 0 Å². The molecule has 20 nitrogen and oxygen atoms in total. The third-order valence-electron chi connectivity index (χ3n) is 6.47. The third-order valence-corrected chi connectivity index (χ3v) is 6.94. The molecule has 0 aromatic carbocycles. The first kappa shape index (κ1) is 41.8. The number of ether oxygens (including phenoxy) is 10. The van der Waals surface area contributed by atoms with Crippen LogP contribution in [-0.2, 0) is 85.7 Å². The van der Waals surface area contributed by atoms with Gasteiger partial charge < -0.3 is 0 Å². The van der Waals surface area contributed by atoms with E-state index in [2.05, 4.69) is 26.3 Å². The van der Waals surface area contributed by atoms with Crippen LogP contribution in [0.15, 0.2) is 4.99 Å². The molecule has 2 fully saturated rings. The monoisotopic (exact) mass is 783 g/mol. The number of hydrogen-bond donors (Lipinski definition) is 1. The van der Waals surface area contributed by atoms with Crippen molar-refractivity contribution in [3.8, 4) is 0 Å². The van der Waals surface area contributed by atoms with Gasteiger partial charge in [-0.25, -0.2) is 0 Å². The second kappa shape index (κ2) is 19.2. The topological polar surface area (TPSA) is 253 Å². The predicted octanol–water partition coefficient (Wildman–Crippen LogP) is -1.73. The molecule has 10 atom stereocenters. The van der Waals surface area contributed by atoms with Crippen LogP contribution in [-0.4, -0.2) is 143 Å². The summed E-state index contributed by atoms with van der Waals surface area (Å²) in [5.41, 5.74) is 0. The number of esters is 8. The van der Waals surface area contributed by atoms with Crippen LogP contribution in [0.25, 0.3) is 0 Å². The van der Waals surface area contributed by atoms with Gasteiger partial charge in [0.05, 0.1) is 0 Å². The van der Waals surface area contributed by atoms with Gasteiger partial charge in [-0.1, -0.05) is 0 Å². The Morgan fingerprint density at radius 1 is 0.500 bits per heavy atom. The van der Waals surface area contributed by atoms with Gasteiger partial charge >= 0.3 is 294 Å².